The van der Waals surface area contributed by atoms with Gasteiger partial charge in [-0.05, 0) is 23.6 Å². The van der Waals surface area contributed by atoms with Gasteiger partial charge in [-0.1, -0.05) is 30.3 Å². The third-order valence-corrected chi connectivity index (χ3v) is 3.61. The van der Waals surface area contributed by atoms with Crippen LogP contribution in [0.15, 0.2) is 54.6 Å². The SMILES string of the molecule is O=[N+]([O-])c1cc(N([O-])O)ccc1NNc1ccc([O-])c2ccccc12. The Kier molecular flexibility index (Phi) is 4.25. The Hall–Kier alpha value is -3.56. The fourth-order valence-corrected chi connectivity index (χ4v) is 2.41. The topological polar surface area (TPSA) is 137 Å². The Morgan fingerprint density at radius 1 is 0.960 bits per heavy atom. The van der Waals surface area contributed by atoms with Crippen LogP contribution in [0.3, 0.4) is 0 Å². The molecular weight excluding hydrogens is 328 g/mol. The fraction of sp³-hybridized carbons (Fsp3) is 0. The number of fused-ring (bicyclic) bond motifs is 1. The first-order chi connectivity index (χ1) is 12.0. The second-order valence-corrected chi connectivity index (χ2v) is 5.14. The molecular formula is C16H12N4O5-2. The average molecular weight is 340 g/mol. The summed E-state index contributed by atoms with van der Waals surface area (Å²) in [7, 11) is 0. The molecule has 128 valence electrons. The number of nitrogens with one attached hydrogen (secondary N) is 2. The maximum Gasteiger partial charge on any atom is 0.296 e. The van der Waals surface area contributed by atoms with E-state index in [9.17, 15) is 20.4 Å². The summed E-state index contributed by atoms with van der Waals surface area (Å²) >= 11 is 0. The lowest BCUT2D eigenvalue weighted by molar-refractivity contribution is -0.383. The first-order valence-electron chi connectivity index (χ1n) is 7.13. The number of benzene rings is 3. The summed E-state index contributed by atoms with van der Waals surface area (Å²) in [5.41, 5.74) is 5.50. The molecule has 0 fully saturated rings. The second kappa shape index (κ2) is 6.51. The smallest absolute Gasteiger partial charge is 0.296 e. The van der Waals surface area contributed by atoms with Crippen LogP contribution in [-0.2, 0) is 0 Å². The van der Waals surface area contributed by atoms with Crippen LogP contribution in [-0.4, -0.2) is 10.1 Å². The van der Waals surface area contributed by atoms with Gasteiger partial charge in [-0.25, -0.2) is 0 Å². The molecule has 0 bridgehead atoms. The van der Waals surface area contributed by atoms with E-state index in [-0.39, 0.29) is 17.1 Å². The van der Waals surface area contributed by atoms with Crippen molar-refractivity contribution in [2.45, 2.75) is 0 Å². The number of hydrogen-bond donors (Lipinski definition) is 3. The summed E-state index contributed by atoms with van der Waals surface area (Å²) < 4.78 is 0. The summed E-state index contributed by atoms with van der Waals surface area (Å²) in [6, 6.07) is 13.4. The lowest BCUT2D eigenvalue weighted by Gasteiger charge is -2.22. The first-order valence-corrected chi connectivity index (χ1v) is 7.13. The van der Waals surface area contributed by atoms with Gasteiger partial charge in [0, 0.05) is 11.5 Å². The number of rotatable bonds is 5. The van der Waals surface area contributed by atoms with Gasteiger partial charge in [0.15, 0.2) is 0 Å². The van der Waals surface area contributed by atoms with Crippen LogP contribution >= 0.6 is 0 Å². The van der Waals surface area contributed by atoms with Gasteiger partial charge in [-0.2, -0.15) is 0 Å². The number of nitro benzene ring substituents is 1. The van der Waals surface area contributed by atoms with Crippen LogP contribution in [0.2, 0.25) is 0 Å². The fourth-order valence-electron chi connectivity index (χ4n) is 2.41. The quantitative estimate of drug-likeness (QED) is 0.476. The van der Waals surface area contributed by atoms with E-state index in [0.29, 0.717) is 16.5 Å². The molecule has 0 saturated heterocycles. The van der Waals surface area contributed by atoms with Gasteiger partial charge in [0.05, 0.1) is 16.3 Å². The van der Waals surface area contributed by atoms with Crippen LogP contribution in [0.5, 0.6) is 5.75 Å². The molecule has 3 aromatic rings. The largest absolute Gasteiger partial charge is 0.872 e. The number of anilines is 3. The van der Waals surface area contributed by atoms with Crippen LogP contribution in [0.1, 0.15) is 0 Å². The predicted molar refractivity (Wildman–Crippen MR) is 91.4 cm³/mol. The molecule has 9 heteroatoms. The zero-order valence-corrected chi connectivity index (χ0v) is 12.7. The van der Waals surface area contributed by atoms with Gasteiger partial charge >= 0.3 is 0 Å². The minimum absolute atomic E-state index is 0.0888. The van der Waals surface area contributed by atoms with E-state index < -0.39 is 15.8 Å². The van der Waals surface area contributed by atoms with Gasteiger partial charge < -0.3 is 21.0 Å². The minimum atomic E-state index is -0.685. The highest BCUT2D eigenvalue weighted by molar-refractivity contribution is 5.97. The van der Waals surface area contributed by atoms with Crippen molar-refractivity contribution in [3.05, 3.63) is 69.9 Å². The van der Waals surface area contributed by atoms with Crippen LogP contribution < -0.4 is 21.2 Å². The average Bonchev–Trinajstić information content (AvgIpc) is 2.61. The van der Waals surface area contributed by atoms with E-state index >= 15 is 0 Å². The summed E-state index contributed by atoms with van der Waals surface area (Å²) in [5, 5.41) is 43.5. The highest BCUT2D eigenvalue weighted by Crippen LogP contribution is 2.31. The molecule has 0 radical (unpaired) electrons. The van der Waals surface area contributed by atoms with E-state index in [2.05, 4.69) is 10.9 Å². The molecule has 3 N–H and O–H groups in total. The van der Waals surface area contributed by atoms with Crippen molar-refractivity contribution in [3.8, 4) is 5.75 Å². The zero-order valence-electron chi connectivity index (χ0n) is 12.7. The van der Waals surface area contributed by atoms with Gasteiger partial charge in [-0.3, -0.25) is 20.7 Å². The van der Waals surface area contributed by atoms with E-state index in [1.807, 2.05) is 0 Å². The molecule has 0 spiro atoms. The first kappa shape index (κ1) is 16.3. The maximum atomic E-state index is 11.9. The number of nitrogens with zero attached hydrogens (tertiary/aromatic N) is 2. The Morgan fingerprint density at radius 2 is 1.60 bits per heavy atom. The molecule has 9 nitrogen and oxygen atoms in total. The van der Waals surface area contributed by atoms with E-state index in [4.69, 9.17) is 5.21 Å². The van der Waals surface area contributed by atoms with Crippen molar-refractivity contribution in [3.63, 3.8) is 0 Å². The normalized spacial score (nSPS) is 10.5. The summed E-state index contributed by atoms with van der Waals surface area (Å²) in [4.78, 5) is 10.5. The Labute approximate surface area is 141 Å². The molecule has 3 aromatic carbocycles. The Morgan fingerprint density at radius 3 is 2.28 bits per heavy atom. The zero-order chi connectivity index (χ0) is 18.0. The molecule has 25 heavy (non-hydrogen) atoms. The van der Waals surface area contributed by atoms with Gasteiger partial charge in [0.2, 0.25) is 0 Å². The van der Waals surface area contributed by atoms with Crippen molar-refractivity contribution >= 4 is 33.5 Å². The molecule has 3 rings (SSSR count). The molecule has 0 unspecified atom stereocenters. The van der Waals surface area contributed by atoms with E-state index in [0.717, 1.165) is 6.07 Å². The number of hydrazine groups is 1. The lowest BCUT2D eigenvalue weighted by atomic mass is 10.1. The second-order valence-electron chi connectivity index (χ2n) is 5.14. The van der Waals surface area contributed by atoms with Crippen molar-refractivity contribution in [1.29, 1.82) is 0 Å². The van der Waals surface area contributed by atoms with Crippen LogP contribution in [0.25, 0.3) is 10.8 Å². The molecule has 0 saturated carbocycles. The van der Waals surface area contributed by atoms with Crippen molar-refractivity contribution in [2.24, 2.45) is 0 Å². The van der Waals surface area contributed by atoms with Gasteiger partial charge in [0.1, 0.15) is 5.69 Å². The maximum absolute atomic E-state index is 11.9. The molecule has 0 aliphatic heterocycles. The summed E-state index contributed by atoms with van der Waals surface area (Å²) in [6.07, 6.45) is 0. The van der Waals surface area contributed by atoms with Gasteiger partial charge in [-0.15, -0.1) is 5.75 Å². The highest BCUT2D eigenvalue weighted by atomic mass is 16.8. The number of nitro groups is 1. The lowest BCUT2D eigenvalue weighted by Crippen LogP contribution is -2.12. The van der Waals surface area contributed by atoms with Crippen molar-refractivity contribution in [1.82, 2.24) is 0 Å². The summed E-state index contributed by atoms with van der Waals surface area (Å²) in [6.45, 7) is 0. The third-order valence-electron chi connectivity index (χ3n) is 3.61. The molecule has 0 aliphatic rings. The number of hydrogen-bond acceptors (Lipinski definition) is 8. The molecule has 0 atom stereocenters. The Bertz CT molecular complexity index is 945. The van der Waals surface area contributed by atoms with Gasteiger partial charge in [0.25, 0.3) is 5.69 Å². The van der Waals surface area contributed by atoms with Crippen LogP contribution in [0, 0.1) is 15.3 Å². The minimum Gasteiger partial charge on any atom is -0.872 e. The van der Waals surface area contributed by atoms with Crippen molar-refractivity contribution in [2.75, 3.05) is 16.1 Å². The molecule has 0 amide bonds. The standard InChI is InChI=1S/C16H13N4O5/c21-16-8-7-13(11-3-1-2-4-12(11)16)17-18-14-6-5-10(19(22)23)9-15(14)20(24)25/h1-9,17-18,21-22H/q-1/p-1. The molecule has 0 aliphatic carbocycles. The van der Waals surface area contributed by atoms with E-state index in [1.165, 1.54) is 18.2 Å². The Balaban J connectivity index is 1.92. The monoisotopic (exact) mass is 340 g/mol. The van der Waals surface area contributed by atoms with E-state index in [1.54, 1.807) is 30.3 Å². The van der Waals surface area contributed by atoms with Crippen LogP contribution in [0.4, 0.5) is 22.7 Å². The third kappa shape index (κ3) is 3.22. The summed E-state index contributed by atoms with van der Waals surface area (Å²) in [5.74, 6) is -0.130. The highest BCUT2D eigenvalue weighted by Gasteiger charge is 2.15. The molecule has 0 aromatic heterocycles. The molecule has 0 heterocycles. The predicted octanol–water partition coefficient (Wildman–Crippen LogP) is 2.95. The van der Waals surface area contributed by atoms with Crippen molar-refractivity contribution < 1.29 is 15.2 Å².